The summed E-state index contributed by atoms with van der Waals surface area (Å²) in [6, 6.07) is 7.54. The molecule has 0 unspecified atom stereocenters. The number of anilines is 1. The average molecular weight is 276 g/mol. The number of carbonyl (C=O) groups excluding carboxylic acids is 1. The number of hydrogen-bond donors (Lipinski definition) is 1. The van der Waals surface area contributed by atoms with E-state index in [0.29, 0.717) is 25.4 Å². The normalized spacial score (nSPS) is 18.9. The molecule has 1 fully saturated rings. The second-order valence-corrected chi connectivity index (χ2v) is 6.58. The maximum absolute atomic E-state index is 12.8. The monoisotopic (exact) mass is 276 g/mol. The molecule has 0 saturated carbocycles. The molecule has 1 amide bonds. The minimum atomic E-state index is -0.554. The third-order valence-electron chi connectivity index (χ3n) is 3.88. The number of nitrogens with two attached hydrogens (primary N) is 1. The SMILES string of the molecule is CC1(C)CN(C(=O)C(C)(C)c2ccc(N)cc2)CCO1. The van der Waals surface area contributed by atoms with Crippen molar-refractivity contribution in [3.8, 4) is 0 Å². The Bertz CT molecular complexity index is 492. The smallest absolute Gasteiger partial charge is 0.232 e. The lowest BCUT2D eigenvalue weighted by atomic mass is 9.82. The Morgan fingerprint density at radius 2 is 1.90 bits per heavy atom. The molecule has 2 N–H and O–H groups in total. The molecule has 1 aliphatic heterocycles. The van der Waals surface area contributed by atoms with Crippen LogP contribution in [0.25, 0.3) is 0 Å². The molecule has 1 aromatic rings. The summed E-state index contributed by atoms with van der Waals surface area (Å²) in [6.07, 6.45) is 0. The molecule has 0 spiro atoms. The van der Waals surface area contributed by atoms with E-state index in [1.54, 1.807) is 0 Å². The van der Waals surface area contributed by atoms with Gasteiger partial charge in [-0.25, -0.2) is 0 Å². The van der Waals surface area contributed by atoms with Gasteiger partial charge in [0.05, 0.1) is 17.6 Å². The molecule has 4 nitrogen and oxygen atoms in total. The second kappa shape index (κ2) is 5.09. The third-order valence-corrected chi connectivity index (χ3v) is 3.88. The molecule has 20 heavy (non-hydrogen) atoms. The van der Waals surface area contributed by atoms with Crippen molar-refractivity contribution in [1.82, 2.24) is 4.90 Å². The maximum Gasteiger partial charge on any atom is 0.232 e. The lowest BCUT2D eigenvalue weighted by Crippen LogP contribution is -2.54. The first-order valence-electron chi connectivity index (χ1n) is 7.02. The van der Waals surface area contributed by atoms with E-state index in [4.69, 9.17) is 10.5 Å². The lowest BCUT2D eigenvalue weighted by molar-refractivity contribution is -0.150. The molecule has 0 atom stereocenters. The van der Waals surface area contributed by atoms with E-state index in [0.717, 1.165) is 5.56 Å². The van der Waals surface area contributed by atoms with E-state index >= 15 is 0 Å². The minimum absolute atomic E-state index is 0.138. The van der Waals surface area contributed by atoms with Crippen molar-refractivity contribution in [2.75, 3.05) is 25.4 Å². The zero-order valence-corrected chi connectivity index (χ0v) is 12.8. The van der Waals surface area contributed by atoms with Crippen molar-refractivity contribution >= 4 is 11.6 Å². The molecule has 0 bridgehead atoms. The van der Waals surface area contributed by atoms with Gasteiger partial charge in [-0.3, -0.25) is 4.79 Å². The van der Waals surface area contributed by atoms with Crippen LogP contribution in [0.15, 0.2) is 24.3 Å². The van der Waals surface area contributed by atoms with Gasteiger partial charge in [0, 0.05) is 18.8 Å². The fraction of sp³-hybridized carbons (Fsp3) is 0.562. The Kier molecular flexibility index (Phi) is 3.78. The van der Waals surface area contributed by atoms with Crippen LogP contribution in [0.4, 0.5) is 5.69 Å². The van der Waals surface area contributed by atoms with Crippen LogP contribution >= 0.6 is 0 Å². The quantitative estimate of drug-likeness (QED) is 0.842. The van der Waals surface area contributed by atoms with Crippen molar-refractivity contribution < 1.29 is 9.53 Å². The summed E-state index contributed by atoms with van der Waals surface area (Å²) in [5.74, 6) is 0.138. The molecule has 4 heteroatoms. The Morgan fingerprint density at radius 3 is 2.45 bits per heavy atom. The third kappa shape index (κ3) is 2.96. The van der Waals surface area contributed by atoms with Gasteiger partial charge in [0.15, 0.2) is 0 Å². The zero-order chi connectivity index (χ0) is 15.0. The predicted octanol–water partition coefficient (Wildman–Crippen LogP) is 2.18. The first-order chi connectivity index (χ1) is 9.22. The van der Waals surface area contributed by atoms with Gasteiger partial charge in [0.2, 0.25) is 5.91 Å². The predicted molar refractivity (Wildman–Crippen MR) is 80.5 cm³/mol. The summed E-state index contributed by atoms with van der Waals surface area (Å²) in [5, 5.41) is 0. The van der Waals surface area contributed by atoms with Crippen LogP contribution in [0, 0.1) is 0 Å². The second-order valence-electron chi connectivity index (χ2n) is 6.58. The number of carbonyl (C=O) groups is 1. The topological polar surface area (TPSA) is 55.6 Å². The molecular weight excluding hydrogens is 252 g/mol. The van der Waals surface area contributed by atoms with Crippen LogP contribution in [-0.4, -0.2) is 36.1 Å². The minimum Gasteiger partial charge on any atom is -0.399 e. The van der Waals surface area contributed by atoms with Crippen molar-refractivity contribution in [2.24, 2.45) is 0 Å². The van der Waals surface area contributed by atoms with Crippen molar-refractivity contribution in [1.29, 1.82) is 0 Å². The van der Waals surface area contributed by atoms with Gasteiger partial charge < -0.3 is 15.4 Å². The molecule has 1 aliphatic rings. The van der Waals surface area contributed by atoms with Crippen molar-refractivity contribution in [2.45, 2.75) is 38.7 Å². The van der Waals surface area contributed by atoms with Crippen LogP contribution in [0.3, 0.4) is 0 Å². The summed E-state index contributed by atoms with van der Waals surface area (Å²) in [7, 11) is 0. The Balaban J connectivity index is 2.20. The molecular formula is C16H24N2O2. The number of ether oxygens (including phenoxy) is 1. The summed E-state index contributed by atoms with van der Waals surface area (Å²) >= 11 is 0. The number of nitrogen functional groups attached to an aromatic ring is 1. The van der Waals surface area contributed by atoms with Gasteiger partial charge in [-0.1, -0.05) is 12.1 Å². The number of nitrogens with zero attached hydrogens (tertiary/aromatic N) is 1. The van der Waals surface area contributed by atoms with Gasteiger partial charge >= 0.3 is 0 Å². The van der Waals surface area contributed by atoms with Gasteiger partial charge in [0.1, 0.15) is 0 Å². The Hall–Kier alpha value is -1.55. The lowest BCUT2D eigenvalue weighted by Gasteiger charge is -2.41. The van der Waals surface area contributed by atoms with Gasteiger partial charge in [-0.2, -0.15) is 0 Å². The molecule has 110 valence electrons. The Morgan fingerprint density at radius 1 is 1.30 bits per heavy atom. The highest BCUT2D eigenvalue weighted by molar-refractivity contribution is 5.87. The van der Waals surface area contributed by atoms with Crippen molar-refractivity contribution in [3.63, 3.8) is 0 Å². The highest BCUT2D eigenvalue weighted by Crippen LogP contribution is 2.28. The molecule has 1 saturated heterocycles. The molecule has 0 aliphatic carbocycles. The summed E-state index contributed by atoms with van der Waals surface area (Å²) in [6.45, 7) is 9.83. The fourth-order valence-corrected chi connectivity index (χ4v) is 2.61. The fourth-order valence-electron chi connectivity index (χ4n) is 2.61. The maximum atomic E-state index is 12.8. The van der Waals surface area contributed by atoms with Gasteiger partial charge in [-0.05, 0) is 45.4 Å². The highest BCUT2D eigenvalue weighted by atomic mass is 16.5. The van der Waals surface area contributed by atoms with Crippen LogP contribution in [-0.2, 0) is 14.9 Å². The van der Waals surface area contributed by atoms with Crippen LogP contribution in [0.5, 0.6) is 0 Å². The van der Waals surface area contributed by atoms with Crippen LogP contribution < -0.4 is 5.73 Å². The van der Waals surface area contributed by atoms with Gasteiger partial charge in [-0.15, -0.1) is 0 Å². The molecule has 0 radical (unpaired) electrons. The van der Waals surface area contributed by atoms with Gasteiger partial charge in [0.25, 0.3) is 0 Å². The zero-order valence-electron chi connectivity index (χ0n) is 12.8. The van der Waals surface area contributed by atoms with Crippen LogP contribution in [0.2, 0.25) is 0 Å². The number of rotatable bonds is 2. The molecule has 1 aromatic carbocycles. The van der Waals surface area contributed by atoms with E-state index in [-0.39, 0.29) is 11.5 Å². The number of benzene rings is 1. The number of amides is 1. The van der Waals surface area contributed by atoms with E-state index in [1.165, 1.54) is 0 Å². The standard InChI is InChI=1S/C16H24N2O2/c1-15(2)11-18(9-10-20-15)14(19)16(3,4)12-5-7-13(17)8-6-12/h5-8H,9-11,17H2,1-4H3. The molecule has 1 heterocycles. The van der Waals surface area contributed by atoms with Crippen molar-refractivity contribution in [3.05, 3.63) is 29.8 Å². The van der Waals surface area contributed by atoms with E-state index < -0.39 is 5.41 Å². The average Bonchev–Trinajstić information content (AvgIpc) is 2.37. The van der Waals surface area contributed by atoms with Crippen LogP contribution in [0.1, 0.15) is 33.3 Å². The van der Waals surface area contributed by atoms with E-state index in [1.807, 2.05) is 56.9 Å². The summed E-state index contributed by atoms with van der Waals surface area (Å²) in [4.78, 5) is 14.7. The number of morpholine rings is 1. The largest absolute Gasteiger partial charge is 0.399 e. The highest BCUT2D eigenvalue weighted by Gasteiger charge is 2.38. The Labute approximate surface area is 120 Å². The van der Waals surface area contributed by atoms with E-state index in [2.05, 4.69) is 0 Å². The number of hydrogen-bond acceptors (Lipinski definition) is 3. The first-order valence-corrected chi connectivity index (χ1v) is 7.02. The van der Waals surface area contributed by atoms with E-state index in [9.17, 15) is 4.79 Å². The first kappa shape index (κ1) is 14.9. The summed E-state index contributed by atoms with van der Waals surface area (Å²) in [5.41, 5.74) is 6.58. The molecule has 2 rings (SSSR count). The summed E-state index contributed by atoms with van der Waals surface area (Å²) < 4.78 is 5.67. The molecule has 0 aromatic heterocycles.